The number of ether oxygens (including phenoxy) is 1. The van der Waals surface area contributed by atoms with Crippen LogP contribution in [0.5, 0.6) is 0 Å². The first-order valence-corrected chi connectivity index (χ1v) is 6.73. The van der Waals surface area contributed by atoms with E-state index in [1.165, 1.54) is 24.0 Å². The van der Waals surface area contributed by atoms with Crippen molar-refractivity contribution in [3.63, 3.8) is 0 Å². The SMILES string of the molecule is COC(=O)c1sc(Nc2ccc(C)cc2C)nc1C. The van der Waals surface area contributed by atoms with E-state index in [0.717, 1.165) is 11.3 Å². The van der Waals surface area contributed by atoms with Crippen molar-refractivity contribution in [1.82, 2.24) is 4.98 Å². The fourth-order valence-electron chi connectivity index (χ4n) is 1.80. The van der Waals surface area contributed by atoms with Gasteiger partial charge in [-0.2, -0.15) is 0 Å². The van der Waals surface area contributed by atoms with E-state index in [1.807, 2.05) is 19.1 Å². The third kappa shape index (κ3) is 2.93. The number of hydrogen-bond acceptors (Lipinski definition) is 5. The lowest BCUT2D eigenvalue weighted by Crippen LogP contribution is -1.99. The summed E-state index contributed by atoms with van der Waals surface area (Å²) in [5.74, 6) is -0.344. The molecule has 1 aromatic carbocycles. The van der Waals surface area contributed by atoms with Crippen molar-refractivity contribution in [2.24, 2.45) is 0 Å². The van der Waals surface area contributed by atoms with Crippen LogP contribution in [0, 0.1) is 20.8 Å². The van der Waals surface area contributed by atoms with Crippen LogP contribution in [0.4, 0.5) is 10.8 Å². The van der Waals surface area contributed by atoms with E-state index in [-0.39, 0.29) is 5.97 Å². The third-order valence-corrected chi connectivity index (χ3v) is 3.84. The van der Waals surface area contributed by atoms with Crippen molar-refractivity contribution >= 4 is 28.1 Å². The molecule has 0 bridgehead atoms. The van der Waals surface area contributed by atoms with Crippen LogP contribution < -0.4 is 5.32 Å². The Bertz CT molecular complexity index is 620. The number of aromatic nitrogens is 1. The number of rotatable bonds is 3. The maximum absolute atomic E-state index is 11.5. The van der Waals surface area contributed by atoms with Gasteiger partial charge < -0.3 is 10.1 Å². The number of methoxy groups -OCH3 is 1. The van der Waals surface area contributed by atoms with Crippen LogP contribution in [0.15, 0.2) is 18.2 Å². The van der Waals surface area contributed by atoms with Crippen LogP contribution >= 0.6 is 11.3 Å². The molecular formula is C14H16N2O2S. The number of carbonyl (C=O) groups excluding carboxylic acids is 1. The number of anilines is 2. The predicted octanol–water partition coefficient (Wildman–Crippen LogP) is 3.60. The summed E-state index contributed by atoms with van der Waals surface area (Å²) >= 11 is 1.30. The molecule has 100 valence electrons. The Hall–Kier alpha value is -1.88. The molecule has 0 aliphatic carbocycles. The molecular weight excluding hydrogens is 260 g/mol. The minimum atomic E-state index is -0.344. The minimum absolute atomic E-state index is 0.344. The van der Waals surface area contributed by atoms with Crippen LogP contribution in [-0.4, -0.2) is 18.1 Å². The number of aryl methyl sites for hydroxylation is 3. The molecule has 0 unspecified atom stereocenters. The van der Waals surface area contributed by atoms with Crippen LogP contribution in [-0.2, 0) is 4.74 Å². The van der Waals surface area contributed by atoms with E-state index in [2.05, 4.69) is 23.3 Å². The second-order valence-electron chi connectivity index (χ2n) is 4.37. The first kappa shape index (κ1) is 13.5. The van der Waals surface area contributed by atoms with Gasteiger partial charge in [-0.3, -0.25) is 0 Å². The van der Waals surface area contributed by atoms with E-state index in [1.54, 1.807) is 6.92 Å². The molecule has 0 aliphatic rings. The first-order valence-electron chi connectivity index (χ1n) is 5.91. The molecule has 0 amide bonds. The summed E-state index contributed by atoms with van der Waals surface area (Å²) < 4.78 is 4.72. The summed E-state index contributed by atoms with van der Waals surface area (Å²) in [6.45, 7) is 5.90. The molecule has 19 heavy (non-hydrogen) atoms. The molecule has 0 spiro atoms. The highest BCUT2D eigenvalue weighted by atomic mass is 32.1. The van der Waals surface area contributed by atoms with Crippen molar-refractivity contribution < 1.29 is 9.53 Å². The van der Waals surface area contributed by atoms with Crippen LogP contribution in [0.3, 0.4) is 0 Å². The fraction of sp³-hybridized carbons (Fsp3) is 0.286. The van der Waals surface area contributed by atoms with E-state index in [4.69, 9.17) is 4.74 Å². The van der Waals surface area contributed by atoms with E-state index in [0.29, 0.717) is 15.7 Å². The Kier molecular flexibility index (Phi) is 3.85. The highest BCUT2D eigenvalue weighted by Gasteiger charge is 2.15. The number of benzene rings is 1. The lowest BCUT2D eigenvalue weighted by atomic mass is 10.1. The molecule has 5 heteroatoms. The Morgan fingerprint density at radius 2 is 2.05 bits per heavy atom. The van der Waals surface area contributed by atoms with Gasteiger partial charge in [0.1, 0.15) is 4.88 Å². The van der Waals surface area contributed by atoms with Gasteiger partial charge in [0.2, 0.25) is 0 Å². The van der Waals surface area contributed by atoms with Gasteiger partial charge in [0.15, 0.2) is 5.13 Å². The number of carbonyl (C=O) groups is 1. The summed E-state index contributed by atoms with van der Waals surface area (Å²) in [6.07, 6.45) is 0. The number of esters is 1. The molecule has 1 N–H and O–H groups in total. The third-order valence-electron chi connectivity index (χ3n) is 2.79. The monoisotopic (exact) mass is 276 g/mol. The largest absolute Gasteiger partial charge is 0.465 e. The zero-order chi connectivity index (χ0) is 14.0. The van der Waals surface area contributed by atoms with Gasteiger partial charge in [-0.15, -0.1) is 0 Å². The average Bonchev–Trinajstić information content (AvgIpc) is 2.73. The van der Waals surface area contributed by atoms with Crippen molar-refractivity contribution in [2.45, 2.75) is 20.8 Å². The Labute approximate surface area is 116 Å². The fourth-order valence-corrected chi connectivity index (χ4v) is 2.70. The highest BCUT2D eigenvalue weighted by molar-refractivity contribution is 7.17. The molecule has 1 aromatic heterocycles. The molecule has 1 heterocycles. The Morgan fingerprint density at radius 3 is 2.68 bits per heavy atom. The minimum Gasteiger partial charge on any atom is -0.465 e. The molecule has 2 rings (SSSR count). The molecule has 0 radical (unpaired) electrons. The summed E-state index contributed by atoms with van der Waals surface area (Å²) in [6, 6.07) is 6.15. The van der Waals surface area contributed by atoms with Crippen LogP contribution in [0.1, 0.15) is 26.5 Å². The zero-order valence-electron chi connectivity index (χ0n) is 11.4. The lowest BCUT2D eigenvalue weighted by molar-refractivity contribution is 0.0605. The number of hydrogen-bond donors (Lipinski definition) is 1. The van der Waals surface area contributed by atoms with Crippen molar-refractivity contribution in [3.8, 4) is 0 Å². The van der Waals surface area contributed by atoms with Gasteiger partial charge in [-0.1, -0.05) is 29.0 Å². The molecule has 0 saturated carbocycles. The number of thiazole rings is 1. The Balaban J connectivity index is 2.26. The highest BCUT2D eigenvalue weighted by Crippen LogP contribution is 2.28. The quantitative estimate of drug-likeness (QED) is 0.870. The van der Waals surface area contributed by atoms with E-state index >= 15 is 0 Å². The first-order chi connectivity index (χ1) is 9.01. The van der Waals surface area contributed by atoms with E-state index in [9.17, 15) is 4.79 Å². The topological polar surface area (TPSA) is 51.2 Å². The molecule has 2 aromatic rings. The van der Waals surface area contributed by atoms with Gasteiger partial charge in [0, 0.05) is 5.69 Å². The molecule has 0 aliphatic heterocycles. The number of nitrogens with zero attached hydrogens (tertiary/aromatic N) is 1. The maximum atomic E-state index is 11.5. The maximum Gasteiger partial charge on any atom is 0.350 e. The summed E-state index contributed by atoms with van der Waals surface area (Å²) in [4.78, 5) is 16.4. The van der Waals surface area contributed by atoms with Crippen molar-refractivity contribution in [3.05, 3.63) is 39.9 Å². The summed E-state index contributed by atoms with van der Waals surface area (Å²) in [5, 5.41) is 3.94. The van der Waals surface area contributed by atoms with Crippen LogP contribution in [0.2, 0.25) is 0 Å². The molecule has 4 nitrogen and oxygen atoms in total. The molecule has 0 saturated heterocycles. The van der Waals surface area contributed by atoms with Crippen molar-refractivity contribution in [1.29, 1.82) is 0 Å². The van der Waals surface area contributed by atoms with Gasteiger partial charge in [0.25, 0.3) is 0 Å². The smallest absolute Gasteiger partial charge is 0.350 e. The second kappa shape index (κ2) is 5.40. The van der Waals surface area contributed by atoms with Gasteiger partial charge >= 0.3 is 5.97 Å². The molecule has 0 atom stereocenters. The Morgan fingerprint density at radius 1 is 1.32 bits per heavy atom. The van der Waals surface area contributed by atoms with E-state index < -0.39 is 0 Å². The average molecular weight is 276 g/mol. The summed E-state index contributed by atoms with van der Waals surface area (Å²) in [5.41, 5.74) is 4.04. The van der Waals surface area contributed by atoms with Crippen LogP contribution in [0.25, 0.3) is 0 Å². The van der Waals surface area contributed by atoms with Gasteiger partial charge in [-0.05, 0) is 32.4 Å². The van der Waals surface area contributed by atoms with Gasteiger partial charge in [-0.25, -0.2) is 9.78 Å². The zero-order valence-corrected chi connectivity index (χ0v) is 12.2. The van der Waals surface area contributed by atoms with Crippen molar-refractivity contribution in [2.75, 3.05) is 12.4 Å². The predicted molar refractivity (Wildman–Crippen MR) is 77.4 cm³/mol. The van der Waals surface area contributed by atoms with Gasteiger partial charge in [0.05, 0.1) is 12.8 Å². The standard InChI is InChI=1S/C14H16N2O2S/c1-8-5-6-11(9(2)7-8)16-14-15-10(3)12(19-14)13(17)18-4/h5-7H,1-4H3,(H,15,16). The normalized spacial score (nSPS) is 10.3. The molecule has 0 fully saturated rings. The second-order valence-corrected chi connectivity index (χ2v) is 5.37. The number of nitrogens with one attached hydrogen (secondary N) is 1. The lowest BCUT2D eigenvalue weighted by Gasteiger charge is -2.07. The summed E-state index contributed by atoms with van der Waals surface area (Å²) in [7, 11) is 1.37.